The molecule has 0 aliphatic carbocycles. The molecule has 1 aromatic heterocycles. The van der Waals surface area contributed by atoms with E-state index < -0.39 is 0 Å². The Kier molecular flexibility index (Phi) is 6.74. The van der Waals surface area contributed by atoms with Crippen molar-refractivity contribution in [1.29, 1.82) is 0 Å². The Morgan fingerprint density at radius 3 is 2.56 bits per heavy atom. The summed E-state index contributed by atoms with van der Waals surface area (Å²) in [4.78, 5) is 21.0. The number of amides is 1. The molecule has 6 heteroatoms. The number of anilines is 1. The number of carbonyl (C=O) groups excluding carboxylic acids is 1. The SMILES string of the molecule is COc1ccc(CCNC(=O)c2cc(C)nc(NCC(C)C)n2)cc1. The monoisotopic (exact) mass is 342 g/mol. The Balaban J connectivity index is 1.91. The van der Waals surface area contributed by atoms with Crippen molar-refractivity contribution < 1.29 is 9.53 Å². The third-order valence-corrected chi connectivity index (χ3v) is 3.61. The molecule has 0 spiro atoms. The van der Waals surface area contributed by atoms with Crippen molar-refractivity contribution in [1.82, 2.24) is 15.3 Å². The fourth-order valence-corrected chi connectivity index (χ4v) is 2.26. The van der Waals surface area contributed by atoms with Crippen molar-refractivity contribution in [3.8, 4) is 5.75 Å². The Hall–Kier alpha value is -2.63. The fourth-order valence-electron chi connectivity index (χ4n) is 2.26. The lowest BCUT2D eigenvalue weighted by Crippen LogP contribution is -2.27. The van der Waals surface area contributed by atoms with E-state index in [9.17, 15) is 4.79 Å². The highest BCUT2D eigenvalue weighted by atomic mass is 16.5. The van der Waals surface area contributed by atoms with Crippen LogP contribution >= 0.6 is 0 Å². The van der Waals surface area contributed by atoms with Crippen molar-refractivity contribution in [3.05, 3.63) is 47.3 Å². The molecule has 1 amide bonds. The number of hydrogen-bond donors (Lipinski definition) is 2. The minimum absolute atomic E-state index is 0.188. The molecule has 0 unspecified atom stereocenters. The second-order valence-electron chi connectivity index (χ2n) is 6.35. The van der Waals surface area contributed by atoms with E-state index in [1.54, 1.807) is 13.2 Å². The van der Waals surface area contributed by atoms with Gasteiger partial charge in [-0.05, 0) is 43.0 Å². The molecule has 6 nitrogen and oxygen atoms in total. The number of rotatable bonds is 8. The largest absolute Gasteiger partial charge is 0.497 e. The maximum Gasteiger partial charge on any atom is 0.270 e. The van der Waals surface area contributed by atoms with E-state index in [2.05, 4.69) is 34.4 Å². The third-order valence-electron chi connectivity index (χ3n) is 3.61. The molecule has 0 saturated carbocycles. The predicted octanol–water partition coefficient (Wildman–Crippen LogP) is 2.83. The van der Waals surface area contributed by atoms with E-state index in [0.717, 1.165) is 30.0 Å². The maximum absolute atomic E-state index is 12.3. The molecule has 134 valence electrons. The summed E-state index contributed by atoms with van der Waals surface area (Å²) >= 11 is 0. The first-order valence-electron chi connectivity index (χ1n) is 8.48. The summed E-state index contributed by atoms with van der Waals surface area (Å²) in [6, 6.07) is 9.51. The quantitative estimate of drug-likeness (QED) is 0.771. The summed E-state index contributed by atoms with van der Waals surface area (Å²) in [7, 11) is 1.64. The van der Waals surface area contributed by atoms with Crippen molar-refractivity contribution in [3.63, 3.8) is 0 Å². The van der Waals surface area contributed by atoms with E-state index in [4.69, 9.17) is 4.74 Å². The molecule has 0 saturated heterocycles. The van der Waals surface area contributed by atoms with Gasteiger partial charge in [0.1, 0.15) is 11.4 Å². The average Bonchev–Trinajstić information content (AvgIpc) is 2.60. The lowest BCUT2D eigenvalue weighted by atomic mass is 10.1. The first-order valence-corrected chi connectivity index (χ1v) is 8.48. The number of methoxy groups -OCH3 is 1. The predicted molar refractivity (Wildman–Crippen MR) is 99.1 cm³/mol. The van der Waals surface area contributed by atoms with Crippen LogP contribution < -0.4 is 15.4 Å². The highest BCUT2D eigenvalue weighted by Crippen LogP contribution is 2.11. The Labute approximate surface area is 149 Å². The van der Waals surface area contributed by atoms with E-state index >= 15 is 0 Å². The van der Waals surface area contributed by atoms with Crippen molar-refractivity contribution in [2.24, 2.45) is 5.92 Å². The van der Waals surface area contributed by atoms with Crippen LogP contribution in [0.4, 0.5) is 5.95 Å². The minimum atomic E-state index is -0.188. The van der Waals surface area contributed by atoms with Crippen LogP contribution in [-0.4, -0.2) is 36.1 Å². The van der Waals surface area contributed by atoms with Crippen LogP contribution in [0.1, 0.15) is 35.6 Å². The number of benzene rings is 1. The Bertz CT molecular complexity index is 699. The summed E-state index contributed by atoms with van der Waals surface area (Å²) in [6.07, 6.45) is 0.748. The first kappa shape index (κ1) is 18.7. The average molecular weight is 342 g/mol. The highest BCUT2D eigenvalue weighted by molar-refractivity contribution is 5.92. The molecule has 0 fully saturated rings. The van der Waals surface area contributed by atoms with Gasteiger partial charge in [0.25, 0.3) is 5.91 Å². The standard InChI is InChI=1S/C19H26N4O2/c1-13(2)12-21-19-22-14(3)11-17(23-19)18(24)20-10-9-15-5-7-16(25-4)8-6-15/h5-8,11,13H,9-10,12H2,1-4H3,(H,20,24)(H,21,22,23). The van der Waals surface area contributed by atoms with Gasteiger partial charge in [0.15, 0.2) is 0 Å². The van der Waals surface area contributed by atoms with Crippen LogP contribution in [0, 0.1) is 12.8 Å². The van der Waals surface area contributed by atoms with Gasteiger partial charge in [-0.3, -0.25) is 4.79 Å². The lowest BCUT2D eigenvalue weighted by Gasteiger charge is -2.10. The zero-order valence-corrected chi connectivity index (χ0v) is 15.3. The lowest BCUT2D eigenvalue weighted by molar-refractivity contribution is 0.0949. The van der Waals surface area contributed by atoms with Crippen LogP contribution in [0.3, 0.4) is 0 Å². The Morgan fingerprint density at radius 1 is 1.20 bits per heavy atom. The van der Waals surface area contributed by atoms with Gasteiger partial charge < -0.3 is 15.4 Å². The van der Waals surface area contributed by atoms with Crippen LogP contribution in [0.25, 0.3) is 0 Å². The summed E-state index contributed by atoms with van der Waals surface area (Å²) in [6.45, 7) is 7.38. The van der Waals surface area contributed by atoms with Gasteiger partial charge in [-0.1, -0.05) is 26.0 Å². The molecule has 2 aromatic rings. The van der Waals surface area contributed by atoms with Crippen LogP contribution in [0.15, 0.2) is 30.3 Å². The molecule has 0 bridgehead atoms. The minimum Gasteiger partial charge on any atom is -0.497 e. The smallest absolute Gasteiger partial charge is 0.270 e. The zero-order valence-electron chi connectivity index (χ0n) is 15.3. The summed E-state index contributed by atoms with van der Waals surface area (Å²) in [5.41, 5.74) is 2.29. The van der Waals surface area contributed by atoms with Gasteiger partial charge in [0, 0.05) is 18.8 Å². The Morgan fingerprint density at radius 2 is 1.92 bits per heavy atom. The molecular formula is C19H26N4O2. The topological polar surface area (TPSA) is 76.1 Å². The molecule has 2 rings (SSSR count). The van der Waals surface area contributed by atoms with Gasteiger partial charge in [-0.2, -0.15) is 0 Å². The third kappa shape index (κ3) is 6.06. The number of ether oxygens (including phenoxy) is 1. The van der Waals surface area contributed by atoms with Gasteiger partial charge in [0.05, 0.1) is 7.11 Å². The molecule has 0 aliphatic heterocycles. The van der Waals surface area contributed by atoms with Crippen molar-refractivity contribution in [2.75, 3.05) is 25.5 Å². The van der Waals surface area contributed by atoms with Crippen LogP contribution in [0.5, 0.6) is 5.75 Å². The van der Waals surface area contributed by atoms with Gasteiger partial charge in [-0.25, -0.2) is 9.97 Å². The summed E-state index contributed by atoms with van der Waals surface area (Å²) in [5, 5.41) is 6.07. The van der Waals surface area contributed by atoms with E-state index in [0.29, 0.717) is 24.1 Å². The van der Waals surface area contributed by atoms with Crippen LogP contribution in [0.2, 0.25) is 0 Å². The van der Waals surface area contributed by atoms with E-state index in [1.165, 1.54) is 0 Å². The highest BCUT2D eigenvalue weighted by Gasteiger charge is 2.10. The number of aromatic nitrogens is 2. The molecule has 0 atom stereocenters. The summed E-state index contributed by atoms with van der Waals surface area (Å²) < 4.78 is 5.14. The second kappa shape index (κ2) is 9.01. The number of carbonyl (C=O) groups is 1. The normalized spacial score (nSPS) is 10.6. The number of nitrogens with zero attached hydrogens (tertiary/aromatic N) is 2. The molecule has 1 heterocycles. The van der Waals surface area contributed by atoms with E-state index in [1.807, 2.05) is 31.2 Å². The van der Waals surface area contributed by atoms with Gasteiger partial charge >= 0.3 is 0 Å². The molecular weight excluding hydrogens is 316 g/mol. The molecule has 2 N–H and O–H groups in total. The summed E-state index contributed by atoms with van der Waals surface area (Å²) in [5.74, 6) is 1.61. The first-order chi connectivity index (χ1) is 12.0. The maximum atomic E-state index is 12.3. The van der Waals surface area contributed by atoms with Crippen LogP contribution in [-0.2, 0) is 6.42 Å². The van der Waals surface area contributed by atoms with Crippen molar-refractivity contribution >= 4 is 11.9 Å². The molecule has 0 radical (unpaired) electrons. The van der Waals surface area contributed by atoms with Gasteiger partial charge in [-0.15, -0.1) is 0 Å². The molecule has 1 aromatic carbocycles. The molecule has 25 heavy (non-hydrogen) atoms. The van der Waals surface area contributed by atoms with E-state index in [-0.39, 0.29) is 5.91 Å². The fraction of sp³-hybridized carbons (Fsp3) is 0.421. The molecule has 0 aliphatic rings. The zero-order chi connectivity index (χ0) is 18.2. The van der Waals surface area contributed by atoms with Gasteiger partial charge in [0.2, 0.25) is 5.95 Å². The number of hydrogen-bond acceptors (Lipinski definition) is 5. The van der Waals surface area contributed by atoms with Crippen molar-refractivity contribution in [2.45, 2.75) is 27.2 Å². The second-order valence-corrected chi connectivity index (χ2v) is 6.35. The number of nitrogens with one attached hydrogen (secondary N) is 2. The number of aryl methyl sites for hydroxylation is 1.